The third kappa shape index (κ3) is 8.25. The Bertz CT molecular complexity index is 71.3. The van der Waals surface area contributed by atoms with Crippen molar-refractivity contribution in [3.63, 3.8) is 0 Å². The van der Waals surface area contributed by atoms with E-state index in [9.17, 15) is 0 Å². The van der Waals surface area contributed by atoms with Gasteiger partial charge in [0.05, 0.1) is 0 Å². The Balaban J connectivity index is 2.89. The number of rotatable bonds is 7. The van der Waals surface area contributed by atoms with E-state index in [0.717, 1.165) is 0 Å². The van der Waals surface area contributed by atoms with Crippen LogP contribution in [0.4, 0.5) is 0 Å². The molecule has 0 nitrogen and oxygen atoms in total. The summed E-state index contributed by atoms with van der Waals surface area (Å²) in [5, 5.41) is 0. The van der Waals surface area contributed by atoms with Crippen LogP contribution in [0.5, 0.6) is 0 Å². The fourth-order valence-electron chi connectivity index (χ4n) is 0.986. The Hall–Kier alpha value is 0.350. The molecule has 0 aromatic carbocycles. The average Bonchev–Trinajstić information content (AvgIpc) is 2.04. The Morgan fingerprint density at radius 3 is 2.55 bits per heavy atom. The highest BCUT2D eigenvalue weighted by atomic mass is 32.2. The van der Waals surface area contributed by atoms with Gasteiger partial charge in [0.1, 0.15) is 0 Å². The van der Waals surface area contributed by atoms with Crippen LogP contribution in [0.1, 0.15) is 39.5 Å². The monoisotopic (exact) mass is 173 g/mol. The van der Waals surface area contributed by atoms with Gasteiger partial charge < -0.3 is 0 Å². The van der Waals surface area contributed by atoms with Gasteiger partial charge in [-0.3, -0.25) is 0 Å². The van der Waals surface area contributed by atoms with Crippen LogP contribution in [0.25, 0.3) is 0 Å². The van der Waals surface area contributed by atoms with Gasteiger partial charge in [-0.1, -0.05) is 40.0 Å². The van der Waals surface area contributed by atoms with Crippen LogP contribution < -0.4 is 0 Å². The van der Waals surface area contributed by atoms with Crippen LogP contribution in [-0.4, -0.2) is 11.5 Å². The summed E-state index contributed by atoms with van der Waals surface area (Å²) >= 11 is 2.05. The lowest BCUT2D eigenvalue weighted by Crippen LogP contribution is -1.92. The molecule has 0 spiro atoms. The number of unbranched alkanes of at least 4 members (excludes halogenated alkanes) is 1. The molecule has 0 saturated heterocycles. The molecule has 0 heterocycles. The largest absolute Gasteiger partial charge is 0.162 e. The third-order valence-corrected chi connectivity index (χ3v) is 2.92. The maximum absolute atomic E-state index is 4.07. The smallest absolute Gasteiger partial charge is 0.00676 e. The van der Waals surface area contributed by atoms with Gasteiger partial charge in [0.25, 0.3) is 0 Å². The van der Waals surface area contributed by atoms with E-state index in [1.807, 2.05) is 11.8 Å². The van der Waals surface area contributed by atoms with E-state index in [-0.39, 0.29) is 0 Å². The van der Waals surface area contributed by atoms with E-state index in [1.165, 1.54) is 37.2 Å². The fraction of sp³-hybridized carbons (Fsp3) is 0.900. The van der Waals surface area contributed by atoms with Crippen LogP contribution in [0, 0.1) is 12.8 Å². The molecule has 1 atom stereocenters. The predicted molar refractivity (Wildman–Crippen MR) is 56.0 cm³/mol. The molecule has 1 heteroatoms. The van der Waals surface area contributed by atoms with Gasteiger partial charge in [-0.25, -0.2) is 0 Å². The van der Waals surface area contributed by atoms with E-state index in [1.54, 1.807) is 0 Å². The van der Waals surface area contributed by atoms with Crippen LogP contribution in [0.15, 0.2) is 0 Å². The average molecular weight is 173 g/mol. The molecule has 1 unspecified atom stereocenters. The lowest BCUT2D eigenvalue weighted by atomic mass is 10.0. The maximum atomic E-state index is 4.07. The molecule has 1 radical (unpaired) electrons. The zero-order valence-electron chi connectivity index (χ0n) is 7.94. The molecule has 0 aromatic rings. The van der Waals surface area contributed by atoms with Crippen molar-refractivity contribution < 1.29 is 0 Å². The van der Waals surface area contributed by atoms with Gasteiger partial charge in [0.2, 0.25) is 0 Å². The third-order valence-electron chi connectivity index (χ3n) is 1.93. The van der Waals surface area contributed by atoms with Crippen molar-refractivity contribution in [1.82, 2.24) is 0 Å². The second-order valence-electron chi connectivity index (χ2n) is 2.97. The quantitative estimate of drug-likeness (QED) is 0.528. The van der Waals surface area contributed by atoms with Gasteiger partial charge in [-0.2, -0.15) is 11.8 Å². The first-order valence-electron chi connectivity index (χ1n) is 4.72. The van der Waals surface area contributed by atoms with Crippen molar-refractivity contribution in [3.05, 3.63) is 6.92 Å². The minimum absolute atomic E-state index is 0.696. The summed E-state index contributed by atoms with van der Waals surface area (Å²) in [6, 6.07) is 0. The fourth-order valence-corrected chi connectivity index (χ4v) is 1.68. The van der Waals surface area contributed by atoms with Crippen molar-refractivity contribution in [2.45, 2.75) is 39.5 Å². The van der Waals surface area contributed by atoms with E-state index < -0.39 is 0 Å². The molecule has 0 aromatic heterocycles. The standard InChI is InChI=1S/C10H21S/c1-4-10(3)8-6-7-9-11-5-2/h10H,3-9H2,1-2H3. The molecule has 11 heavy (non-hydrogen) atoms. The second kappa shape index (κ2) is 8.45. The summed E-state index contributed by atoms with van der Waals surface area (Å²) in [6.07, 6.45) is 5.31. The van der Waals surface area contributed by atoms with Crippen LogP contribution in [0.2, 0.25) is 0 Å². The maximum Gasteiger partial charge on any atom is -0.00676 e. The van der Waals surface area contributed by atoms with Gasteiger partial charge in [0.15, 0.2) is 0 Å². The Morgan fingerprint density at radius 1 is 1.27 bits per heavy atom. The van der Waals surface area contributed by atoms with Gasteiger partial charge in [-0.15, -0.1) is 0 Å². The van der Waals surface area contributed by atoms with Gasteiger partial charge in [-0.05, 0) is 23.8 Å². The molecule has 0 amide bonds. The second-order valence-corrected chi connectivity index (χ2v) is 4.36. The van der Waals surface area contributed by atoms with Crippen molar-refractivity contribution in [3.8, 4) is 0 Å². The zero-order chi connectivity index (χ0) is 8.53. The van der Waals surface area contributed by atoms with Gasteiger partial charge >= 0.3 is 0 Å². The summed E-state index contributed by atoms with van der Waals surface area (Å²) in [6.45, 7) is 8.51. The number of hydrogen-bond acceptors (Lipinski definition) is 1. The summed E-state index contributed by atoms with van der Waals surface area (Å²) in [5.74, 6) is 3.30. The topological polar surface area (TPSA) is 0 Å². The lowest BCUT2D eigenvalue weighted by molar-refractivity contribution is 0.538. The Labute approximate surface area is 76.1 Å². The van der Waals surface area contributed by atoms with Crippen molar-refractivity contribution >= 4 is 11.8 Å². The van der Waals surface area contributed by atoms with Crippen LogP contribution in [-0.2, 0) is 0 Å². The first kappa shape index (κ1) is 11.4. The summed E-state index contributed by atoms with van der Waals surface area (Å²) < 4.78 is 0. The molecule has 0 aliphatic carbocycles. The first-order chi connectivity index (χ1) is 5.31. The molecular weight excluding hydrogens is 152 g/mol. The molecule has 0 saturated carbocycles. The Kier molecular flexibility index (Phi) is 8.72. The minimum atomic E-state index is 0.696. The van der Waals surface area contributed by atoms with Crippen LogP contribution >= 0.6 is 11.8 Å². The molecule has 0 N–H and O–H groups in total. The summed E-state index contributed by atoms with van der Waals surface area (Å²) in [7, 11) is 0. The minimum Gasteiger partial charge on any atom is -0.162 e. The van der Waals surface area contributed by atoms with Gasteiger partial charge in [0, 0.05) is 0 Å². The molecule has 0 aliphatic heterocycles. The first-order valence-corrected chi connectivity index (χ1v) is 5.87. The molecule has 67 valence electrons. The van der Waals surface area contributed by atoms with E-state index >= 15 is 0 Å². The molecule has 0 fully saturated rings. The van der Waals surface area contributed by atoms with Crippen LogP contribution in [0.3, 0.4) is 0 Å². The molecule has 0 rings (SSSR count). The highest BCUT2D eigenvalue weighted by molar-refractivity contribution is 7.99. The lowest BCUT2D eigenvalue weighted by Gasteiger charge is -2.06. The van der Waals surface area contributed by atoms with Crippen molar-refractivity contribution in [1.29, 1.82) is 0 Å². The molecule has 0 aliphatic rings. The molecular formula is C10H21S. The van der Waals surface area contributed by atoms with Crippen molar-refractivity contribution in [2.24, 2.45) is 5.92 Å². The van der Waals surface area contributed by atoms with Crippen molar-refractivity contribution in [2.75, 3.05) is 11.5 Å². The highest BCUT2D eigenvalue weighted by Gasteiger charge is 1.97. The highest BCUT2D eigenvalue weighted by Crippen LogP contribution is 2.12. The van der Waals surface area contributed by atoms with E-state index in [0.29, 0.717) is 5.92 Å². The molecule has 0 bridgehead atoms. The summed E-state index contributed by atoms with van der Waals surface area (Å²) in [4.78, 5) is 0. The summed E-state index contributed by atoms with van der Waals surface area (Å²) in [5.41, 5.74) is 0. The van der Waals surface area contributed by atoms with E-state index in [2.05, 4.69) is 20.8 Å². The zero-order valence-corrected chi connectivity index (χ0v) is 8.75. The number of hydrogen-bond donors (Lipinski definition) is 0. The predicted octanol–water partition coefficient (Wildman–Crippen LogP) is 3.77. The normalized spacial score (nSPS) is 13.4. The van der Waals surface area contributed by atoms with E-state index in [4.69, 9.17) is 0 Å². The SMILES string of the molecule is [CH2]C(CC)CCCCSCC. The number of thioether (sulfide) groups is 1. The Morgan fingerprint density at radius 2 is 2.00 bits per heavy atom.